The second kappa shape index (κ2) is 5.01. The molecule has 0 aromatic carbocycles. The fourth-order valence-electron chi connectivity index (χ4n) is 1.88. The molecular weight excluding hydrogens is 225 g/mol. The average molecular weight is 240 g/mol. The van der Waals surface area contributed by atoms with E-state index in [0.29, 0.717) is 12.8 Å². The second-order valence-corrected chi connectivity index (χ2v) is 3.95. The number of carbonyl (C=O) groups is 1. The zero-order chi connectivity index (χ0) is 12.3. The molecule has 1 amide bonds. The third-order valence-electron chi connectivity index (χ3n) is 2.77. The Kier molecular flexibility index (Phi) is 4.15. The fraction of sp³-hybridized carbons (Fsp3) is 0.889. The molecule has 3 N–H and O–H groups in total. The van der Waals surface area contributed by atoms with Gasteiger partial charge in [-0.25, -0.2) is 0 Å². The summed E-state index contributed by atoms with van der Waals surface area (Å²) >= 11 is 0. The van der Waals surface area contributed by atoms with Gasteiger partial charge in [-0.3, -0.25) is 4.79 Å². The molecule has 0 saturated carbocycles. The van der Waals surface area contributed by atoms with Gasteiger partial charge in [0.15, 0.2) is 0 Å². The maximum Gasteiger partial charge on any atom is 0.471 e. The minimum absolute atomic E-state index is 0.00127. The van der Waals surface area contributed by atoms with Crippen molar-refractivity contribution in [2.24, 2.45) is 11.7 Å². The lowest BCUT2D eigenvalue weighted by Gasteiger charge is -2.35. The van der Waals surface area contributed by atoms with Gasteiger partial charge < -0.3 is 15.7 Å². The maximum absolute atomic E-state index is 12.2. The minimum Gasteiger partial charge on any atom is -0.391 e. The van der Waals surface area contributed by atoms with Gasteiger partial charge >= 0.3 is 12.1 Å². The van der Waals surface area contributed by atoms with Gasteiger partial charge in [0.25, 0.3) is 0 Å². The van der Waals surface area contributed by atoms with Gasteiger partial charge in [-0.15, -0.1) is 0 Å². The molecule has 1 fully saturated rings. The van der Waals surface area contributed by atoms with Crippen molar-refractivity contribution in [2.75, 3.05) is 19.6 Å². The number of aliphatic hydroxyl groups is 1. The Morgan fingerprint density at radius 1 is 1.56 bits per heavy atom. The highest BCUT2D eigenvalue weighted by atomic mass is 19.4. The highest BCUT2D eigenvalue weighted by Gasteiger charge is 2.44. The molecule has 0 radical (unpaired) electrons. The Balaban J connectivity index is 2.60. The summed E-state index contributed by atoms with van der Waals surface area (Å²) in [5.41, 5.74) is 5.23. The normalized spacial score (nSPS) is 24.3. The summed E-state index contributed by atoms with van der Waals surface area (Å²) in [7, 11) is 0. The predicted molar refractivity (Wildman–Crippen MR) is 50.4 cm³/mol. The van der Waals surface area contributed by atoms with Crippen molar-refractivity contribution in [3.05, 3.63) is 0 Å². The van der Waals surface area contributed by atoms with Gasteiger partial charge in [0.05, 0.1) is 6.10 Å². The molecule has 1 rings (SSSR count). The molecule has 1 saturated heterocycles. The third kappa shape index (κ3) is 3.08. The van der Waals surface area contributed by atoms with Crippen LogP contribution in [0.4, 0.5) is 13.2 Å². The number of piperidine rings is 1. The molecule has 0 aliphatic carbocycles. The van der Waals surface area contributed by atoms with Crippen molar-refractivity contribution < 1.29 is 23.1 Å². The highest BCUT2D eigenvalue weighted by molar-refractivity contribution is 5.81. The summed E-state index contributed by atoms with van der Waals surface area (Å²) in [5.74, 6) is -2.19. The van der Waals surface area contributed by atoms with Crippen LogP contribution in [0, 0.1) is 5.92 Å². The van der Waals surface area contributed by atoms with Gasteiger partial charge in [-0.1, -0.05) is 0 Å². The van der Waals surface area contributed by atoms with Crippen LogP contribution >= 0.6 is 0 Å². The van der Waals surface area contributed by atoms with E-state index in [2.05, 4.69) is 0 Å². The van der Waals surface area contributed by atoms with E-state index in [1.807, 2.05) is 0 Å². The van der Waals surface area contributed by atoms with Crippen LogP contribution in [0.2, 0.25) is 0 Å². The lowest BCUT2D eigenvalue weighted by atomic mass is 9.92. The van der Waals surface area contributed by atoms with E-state index < -0.39 is 18.2 Å². The van der Waals surface area contributed by atoms with Crippen molar-refractivity contribution in [1.82, 2.24) is 4.90 Å². The predicted octanol–water partition coefficient (Wildman–Crippen LogP) is 0.107. The van der Waals surface area contributed by atoms with Crippen molar-refractivity contribution >= 4 is 5.91 Å². The quantitative estimate of drug-likeness (QED) is 0.719. The molecule has 4 nitrogen and oxygen atoms in total. The minimum atomic E-state index is -4.84. The number of carbonyl (C=O) groups excluding carboxylic acids is 1. The summed E-state index contributed by atoms with van der Waals surface area (Å²) < 4.78 is 36.5. The Hall–Kier alpha value is -0.820. The number of alkyl halides is 3. The van der Waals surface area contributed by atoms with Crippen LogP contribution < -0.4 is 5.73 Å². The molecule has 7 heteroatoms. The molecule has 0 spiro atoms. The molecule has 16 heavy (non-hydrogen) atoms. The number of amides is 1. The molecule has 94 valence electrons. The molecule has 1 heterocycles. The summed E-state index contributed by atoms with van der Waals surface area (Å²) in [6, 6.07) is 0. The van der Waals surface area contributed by atoms with E-state index in [1.165, 1.54) is 0 Å². The number of nitrogens with zero attached hydrogens (tertiary/aromatic N) is 1. The fourth-order valence-corrected chi connectivity index (χ4v) is 1.88. The second-order valence-electron chi connectivity index (χ2n) is 3.95. The zero-order valence-corrected chi connectivity index (χ0v) is 8.70. The lowest BCUT2D eigenvalue weighted by Crippen LogP contribution is -2.49. The first kappa shape index (κ1) is 13.2. The summed E-state index contributed by atoms with van der Waals surface area (Å²) in [4.78, 5) is 11.7. The molecule has 1 aliphatic rings. The van der Waals surface area contributed by atoms with Gasteiger partial charge in [0.1, 0.15) is 0 Å². The van der Waals surface area contributed by atoms with Crippen LogP contribution in [-0.2, 0) is 4.79 Å². The number of rotatable bonds is 2. The molecule has 0 aromatic rings. The maximum atomic E-state index is 12.2. The molecule has 2 atom stereocenters. The topological polar surface area (TPSA) is 66.6 Å². The van der Waals surface area contributed by atoms with Crippen LogP contribution in [0.15, 0.2) is 0 Å². The van der Waals surface area contributed by atoms with Gasteiger partial charge in [-0.2, -0.15) is 13.2 Å². The van der Waals surface area contributed by atoms with E-state index in [-0.39, 0.29) is 25.6 Å². The lowest BCUT2D eigenvalue weighted by molar-refractivity contribution is -0.187. The third-order valence-corrected chi connectivity index (χ3v) is 2.77. The molecular formula is C9H15F3N2O2. The molecule has 1 aliphatic heterocycles. The number of likely N-dealkylation sites (tertiary alicyclic amines) is 1. The number of hydrogen-bond donors (Lipinski definition) is 2. The standard InChI is InChI=1S/C9H15F3N2O2/c10-9(11,12)8(16)14-3-1-2-6(5-14)7(15)4-13/h6-7,15H,1-5,13H2. The molecule has 2 unspecified atom stereocenters. The van der Waals surface area contributed by atoms with Crippen LogP contribution in [-0.4, -0.2) is 47.8 Å². The Morgan fingerprint density at radius 2 is 2.19 bits per heavy atom. The van der Waals surface area contributed by atoms with E-state index >= 15 is 0 Å². The van der Waals surface area contributed by atoms with Crippen molar-refractivity contribution in [1.29, 1.82) is 0 Å². The van der Waals surface area contributed by atoms with Crippen LogP contribution in [0.3, 0.4) is 0 Å². The number of nitrogens with two attached hydrogens (primary N) is 1. The number of aliphatic hydroxyl groups excluding tert-OH is 1. The highest BCUT2D eigenvalue weighted by Crippen LogP contribution is 2.25. The summed E-state index contributed by atoms with van der Waals surface area (Å²) in [6.07, 6.45) is -4.62. The number of hydrogen-bond acceptors (Lipinski definition) is 3. The Labute approximate surface area is 91.2 Å². The summed E-state index contributed by atoms with van der Waals surface area (Å²) in [5, 5.41) is 9.44. The van der Waals surface area contributed by atoms with E-state index in [0.717, 1.165) is 4.90 Å². The van der Waals surface area contributed by atoms with E-state index in [4.69, 9.17) is 5.73 Å². The largest absolute Gasteiger partial charge is 0.471 e. The zero-order valence-electron chi connectivity index (χ0n) is 8.70. The van der Waals surface area contributed by atoms with Crippen LogP contribution in [0.1, 0.15) is 12.8 Å². The number of halogens is 3. The molecule has 0 bridgehead atoms. The summed E-state index contributed by atoms with van der Waals surface area (Å²) in [6.45, 7) is 0.0154. The van der Waals surface area contributed by atoms with Crippen LogP contribution in [0.25, 0.3) is 0 Å². The van der Waals surface area contributed by atoms with Gasteiger partial charge in [0, 0.05) is 25.6 Å². The van der Waals surface area contributed by atoms with Crippen molar-refractivity contribution in [3.63, 3.8) is 0 Å². The van der Waals surface area contributed by atoms with Gasteiger partial charge in [0.2, 0.25) is 0 Å². The SMILES string of the molecule is NCC(O)C1CCCN(C(=O)C(F)(F)F)C1. The van der Waals surface area contributed by atoms with E-state index in [1.54, 1.807) is 0 Å². The monoisotopic (exact) mass is 240 g/mol. The van der Waals surface area contributed by atoms with Gasteiger partial charge in [-0.05, 0) is 12.8 Å². The van der Waals surface area contributed by atoms with E-state index in [9.17, 15) is 23.1 Å². The first-order valence-electron chi connectivity index (χ1n) is 5.10. The van der Waals surface area contributed by atoms with Crippen molar-refractivity contribution in [2.45, 2.75) is 25.1 Å². The average Bonchev–Trinajstić information content (AvgIpc) is 2.26. The Morgan fingerprint density at radius 3 is 2.69 bits per heavy atom. The molecule has 0 aromatic heterocycles. The first-order chi connectivity index (χ1) is 7.36. The smallest absolute Gasteiger partial charge is 0.391 e. The first-order valence-corrected chi connectivity index (χ1v) is 5.10. The van der Waals surface area contributed by atoms with Crippen LogP contribution in [0.5, 0.6) is 0 Å². The van der Waals surface area contributed by atoms with Crippen molar-refractivity contribution in [3.8, 4) is 0 Å². The Bertz CT molecular complexity index is 258.